The predicted molar refractivity (Wildman–Crippen MR) is 121 cm³/mol. The van der Waals surface area contributed by atoms with Crippen molar-refractivity contribution in [2.75, 3.05) is 24.7 Å². The van der Waals surface area contributed by atoms with E-state index < -0.39 is 0 Å². The molecule has 3 aromatic rings. The van der Waals surface area contributed by atoms with Crippen LogP contribution in [0.2, 0.25) is 0 Å². The van der Waals surface area contributed by atoms with Crippen LogP contribution in [0.25, 0.3) is 0 Å². The van der Waals surface area contributed by atoms with Crippen LogP contribution in [0.3, 0.4) is 0 Å². The van der Waals surface area contributed by atoms with Gasteiger partial charge in [0.25, 0.3) is 0 Å². The fraction of sp³-hybridized carbons (Fsp3) is 0.208. The van der Waals surface area contributed by atoms with E-state index in [2.05, 4.69) is 5.32 Å². The lowest BCUT2D eigenvalue weighted by molar-refractivity contribution is 0.213. The number of methoxy groups -OCH3 is 1. The first kappa shape index (κ1) is 20.2. The zero-order chi connectivity index (χ0) is 20.8. The van der Waals surface area contributed by atoms with Gasteiger partial charge in [0, 0.05) is 29.6 Å². The minimum Gasteiger partial charge on any atom is -0.497 e. The van der Waals surface area contributed by atoms with Crippen LogP contribution in [-0.4, -0.2) is 30.3 Å². The second-order valence-corrected chi connectivity index (χ2v) is 8.08. The summed E-state index contributed by atoms with van der Waals surface area (Å²) >= 11 is 1.75. The van der Waals surface area contributed by atoms with Gasteiger partial charge in [-0.2, -0.15) is 0 Å². The molecule has 1 heterocycles. The number of hydrogen-bond acceptors (Lipinski definition) is 4. The average Bonchev–Trinajstić information content (AvgIpc) is 3.29. The number of hydrogen-bond donors (Lipinski definition) is 1. The lowest BCUT2D eigenvalue weighted by atomic mass is 10.1. The van der Waals surface area contributed by atoms with Crippen LogP contribution in [0.4, 0.5) is 10.5 Å². The van der Waals surface area contributed by atoms with E-state index in [0.29, 0.717) is 24.6 Å². The summed E-state index contributed by atoms with van der Waals surface area (Å²) in [6.07, 6.45) is 0. The third-order valence-electron chi connectivity index (χ3n) is 4.90. The van der Waals surface area contributed by atoms with Gasteiger partial charge >= 0.3 is 6.03 Å². The fourth-order valence-electron chi connectivity index (χ4n) is 3.38. The highest BCUT2D eigenvalue weighted by Gasteiger charge is 2.32. The highest BCUT2D eigenvalue weighted by molar-refractivity contribution is 7.99. The van der Waals surface area contributed by atoms with Gasteiger partial charge in [0.15, 0.2) is 0 Å². The van der Waals surface area contributed by atoms with Crippen molar-refractivity contribution < 1.29 is 14.3 Å². The molecule has 1 aliphatic rings. The minimum atomic E-state index is -0.129. The SMILES string of the molecule is COc1cccc(NC(=O)N2CCS[C@@H]2c2ccccc2OCc2ccccc2)c1. The van der Waals surface area contributed by atoms with E-state index in [-0.39, 0.29) is 11.4 Å². The van der Waals surface area contributed by atoms with Gasteiger partial charge in [-0.05, 0) is 23.8 Å². The van der Waals surface area contributed by atoms with Gasteiger partial charge in [-0.15, -0.1) is 11.8 Å². The number of rotatable bonds is 6. The van der Waals surface area contributed by atoms with Crippen LogP contribution in [0.15, 0.2) is 78.9 Å². The van der Waals surface area contributed by atoms with Crippen molar-refractivity contribution in [3.05, 3.63) is 90.0 Å². The number of carbonyl (C=O) groups excluding carboxylic acids is 1. The van der Waals surface area contributed by atoms with Crippen LogP contribution in [0.1, 0.15) is 16.5 Å². The van der Waals surface area contributed by atoms with Crippen LogP contribution >= 0.6 is 11.8 Å². The third kappa shape index (κ3) is 4.71. The first-order valence-electron chi connectivity index (χ1n) is 9.83. The number of nitrogens with one attached hydrogen (secondary N) is 1. The maximum Gasteiger partial charge on any atom is 0.323 e. The van der Waals surface area contributed by atoms with Gasteiger partial charge in [-0.3, -0.25) is 0 Å². The first-order chi connectivity index (χ1) is 14.7. The molecule has 0 bridgehead atoms. The molecule has 1 N–H and O–H groups in total. The molecule has 3 aromatic carbocycles. The zero-order valence-electron chi connectivity index (χ0n) is 16.8. The molecule has 1 saturated heterocycles. The summed E-state index contributed by atoms with van der Waals surface area (Å²) in [6.45, 7) is 1.17. The number of amides is 2. The largest absolute Gasteiger partial charge is 0.497 e. The first-order valence-corrected chi connectivity index (χ1v) is 10.9. The van der Waals surface area contributed by atoms with E-state index in [0.717, 1.165) is 22.6 Å². The van der Waals surface area contributed by atoms with E-state index in [1.54, 1.807) is 18.9 Å². The Hall–Kier alpha value is -3.12. The Morgan fingerprint density at radius 1 is 1.07 bits per heavy atom. The number of para-hydroxylation sites is 1. The highest BCUT2D eigenvalue weighted by atomic mass is 32.2. The normalized spacial score (nSPS) is 15.6. The molecule has 5 nitrogen and oxygen atoms in total. The molecular weight excluding hydrogens is 396 g/mol. The van der Waals surface area contributed by atoms with E-state index in [1.165, 1.54) is 0 Å². The topological polar surface area (TPSA) is 50.8 Å². The lowest BCUT2D eigenvalue weighted by Gasteiger charge is -2.26. The molecule has 2 amide bonds. The Kier molecular flexibility index (Phi) is 6.44. The molecule has 1 fully saturated rings. The smallest absolute Gasteiger partial charge is 0.323 e. The standard InChI is InChI=1S/C24H24N2O3S/c1-28-20-11-7-10-19(16-20)25-24(27)26-14-15-30-23(26)21-12-5-6-13-22(21)29-17-18-8-3-2-4-9-18/h2-13,16,23H,14-15,17H2,1H3,(H,25,27)/t23-/m1/s1. The summed E-state index contributed by atoms with van der Waals surface area (Å²) in [4.78, 5) is 14.9. The molecular formula is C24H24N2O3S. The molecule has 0 aromatic heterocycles. The number of ether oxygens (including phenoxy) is 2. The number of nitrogens with zero attached hydrogens (tertiary/aromatic N) is 1. The van der Waals surface area contributed by atoms with Crippen LogP contribution in [-0.2, 0) is 6.61 Å². The summed E-state index contributed by atoms with van der Waals surface area (Å²) in [5.41, 5.74) is 2.83. The van der Waals surface area contributed by atoms with Crippen molar-refractivity contribution in [2.45, 2.75) is 12.0 Å². The second-order valence-electron chi connectivity index (χ2n) is 6.89. The molecule has 0 spiro atoms. The van der Waals surface area contributed by atoms with Crippen LogP contribution in [0, 0.1) is 0 Å². The Morgan fingerprint density at radius 3 is 2.70 bits per heavy atom. The Bertz CT molecular complexity index is 997. The van der Waals surface area contributed by atoms with Crippen molar-refractivity contribution in [3.8, 4) is 11.5 Å². The Labute approximate surface area is 181 Å². The molecule has 6 heteroatoms. The molecule has 4 rings (SSSR count). The number of benzene rings is 3. The Balaban J connectivity index is 1.49. The summed E-state index contributed by atoms with van der Waals surface area (Å²) in [5, 5.41) is 2.89. The minimum absolute atomic E-state index is 0.0948. The number of carbonyl (C=O) groups is 1. The Morgan fingerprint density at radius 2 is 1.87 bits per heavy atom. The second kappa shape index (κ2) is 9.59. The molecule has 1 aliphatic heterocycles. The molecule has 0 aliphatic carbocycles. The van der Waals surface area contributed by atoms with E-state index in [4.69, 9.17) is 9.47 Å². The number of anilines is 1. The molecule has 0 saturated carbocycles. The van der Waals surface area contributed by atoms with E-state index >= 15 is 0 Å². The number of urea groups is 1. The zero-order valence-corrected chi connectivity index (χ0v) is 17.6. The summed E-state index contributed by atoms with van der Waals surface area (Å²) in [6, 6.07) is 25.3. The van der Waals surface area contributed by atoms with Crippen molar-refractivity contribution in [3.63, 3.8) is 0 Å². The van der Waals surface area contributed by atoms with Gasteiger partial charge in [0.05, 0.1) is 7.11 Å². The monoisotopic (exact) mass is 420 g/mol. The average molecular weight is 421 g/mol. The van der Waals surface area contributed by atoms with Crippen LogP contribution in [0.5, 0.6) is 11.5 Å². The molecule has 1 atom stereocenters. The van der Waals surface area contributed by atoms with Gasteiger partial charge in [0.2, 0.25) is 0 Å². The third-order valence-corrected chi connectivity index (χ3v) is 6.14. The fourth-order valence-corrected chi connectivity index (χ4v) is 4.66. The van der Waals surface area contributed by atoms with Gasteiger partial charge in [0.1, 0.15) is 23.5 Å². The predicted octanol–water partition coefficient (Wildman–Crippen LogP) is 5.55. The van der Waals surface area contributed by atoms with Crippen molar-refractivity contribution >= 4 is 23.5 Å². The van der Waals surface area contributed by atoms with E-state index in [9.17, 15) is 4.79 Å². The van der Waals surface area contributed by atoms with Crippen molar-refractivity contribution in [2.24, 2.45) is 0 Å². The van der Waals surface area contributed by atoms with Gasteiger partial charge < -0.3 is 19.7 Å². The molecule has 30 heavy (non-hydrogen) atoms. The van der Waals surface area contributed by atoms with Gasteiger partial charge in [-0.1, -0.05) is 54.6 Å². The summed E-state index contributed by atoms with van der Waals surface area (Å²) in [7, 11) is 1.61. The van der Waals surface area contributed by atoms with E-state index in [1.807, 2.05) is 83.8 Å². The van der Waals surface area contributed by atoms with Crippen molar-refractivity contribution in [1.29, 1.82) is 0 Å². The molecule has 0 unspecified atom stereocenters. The maximum absolute atomic E-state index is 13.0. The van der Waals surface area contributed by atoms with Gasteiger partial charge in [-0.25, -0.2) is 4.79 Å². The van der Waals surface area contributed by atoms with Crippen LogP contribution < -0.4 is 14.8 Å². The summed E-state index contributed by atoms with van der Waals surface area (Å²) in [5.74, 6) is 2.39. The maximum atomic E-state index is 13.0. The molecule has 154 valence electrons. The lowest BCUT2D eigenvalue weighted by Crippen LogP contribution is -2.34. The quantitative estimate of drug-likeness (QED) is 0.568. The number of thioether (sulfide) groups is 1. The van der Waals surface area contributed by atoms with Crippen molar-refractivity contribution in [1.82, 2.24) is 4.90 Å². The molecule has 0 radical (unpaired) electrons. The summed E-state index contributed by atoms with van der Waals surface area (Å²) < 4.78 is 11.4. The highest BCUT2D eigenvalue weighted by Crippen LogP contribution is 2.42.